The summed E-state index contributed by atoms with van der Waals surface area (Å²) in [7, 11) is 0. The van der Waals surface area contributed by atoms with Crippen LogP contribution in [-0.2, 0) is 4.79 Å². The van der Waals surface area contributed by atoms with Gasteiger partial charge in [-0.05, 0) is 49.8 Å². The van der Waals surface area contributed by atoms with Gasteiger partial charge < -0.3 is 10.4 Å². The summed E-state index contributed by atoms with van der Waals surface area (Å²) in [5.41, 5.74) is 1.45. The molecule has 2 N–H and O–H groups in total. The van der Waals surface area contributed by atoms with E-state index in [0.717, 1.165) is 31.3 Å². The fourth-order valence-electron chi connectivity index (χ4n) is 3.03. The van der Waals surface area contributed by atoms with E-state index in [1.807, 2.05) is 28.8 Å². The Kier molecular flexibility index (Phi) is 4.98. The number of aromatic nitrogens is 2. The molecule has 23 heavy (non-hydrogen) atoms. The molecule has 0 spiro atoms. The summed E-state index contributed by atoms with van der Waals surface area (Å²) in [6.07, 6.45) is 8.82. The summed E-state index contributed by atoms with van der Waals surface area (Å²) in [5.74, 6) is 0.259. The van der Waals surface area contributed by atoms with Crippen LogP contribution in [0, 0.1) is 5.92 Å². The van der Waals surface area contributed by atoms with Crippen LogP contribution in [-0.4, -0.2) is 33.0 Å². The van der Waals surface area contributed by atoms with Gasteiger partial charge in [-0.1, -0.05) is 17.7 Å². The minimum atomic E-state index is -0.126. The zero-order chi connectivity index (χ0) is 16.2. The molecule has 0 aromatic carbocycles. The van der Waals surface area contributed by atoms with Crippen LogP contribution < -0.4 is 5.32 Å². The average molecular weight is 334 g/mol. The SMILES string of the molecule is O=C(/C=C/c1c(Cl)nc2ccccn12)NC1CCC(CO)CC1. The van der Waals surface area contributed by atoms with Gasteiger partial charge in [0, 0.05) is 24.9 Å². The van der Waals surface area contributed by atoms with Crippen LogP contribution >= 0.6 is 11.6 Å². The molecule has 0 atom stereocenters. The average Bonchev–Trinajstić information content (AvgIpc) is 2.89. The van der Waals surface area contributed by atoms with E-state index in [-0.39, 0.29) is 18.6 Å². The number of amides is 1. The maximum Gasteiger partial charge on any atom is 0.244 e. The summed E-state index contributed by atoms with van der Waals surface area (Å²) < 4.78 is 1.85. The normalized spacial score (nSPS) is 21.8. The number of carbonyl (C=O) groups excluding carboxylic acids is 1. The first-order valence-electron chi connectivity index (χ1n) is 7.89. The van der Waals surface area contributed by atoms with Crippen LogP contribution in [0.2, 0.25) is 5.15 Å². The molecule has 2 heterocycles. The molecule has 0 unspecified atom stereocenters. The fourth-order valence-corrected chi connectivity index (χ4v) is 3.27. The molecular weight excluding hydrogens is 314 g/mol. The number of carbonyl (C=O) groups is 1. The largest absolute Gasteiger partial charge is 0.396 e. The molecule has 1 aliphatic carbocycles. The Labute approximate surface area is 140 Å². The zero-order valence-corrected chi connectivity index (χ0v) is 13.5. The number of aliphatic hydroxyl groups is 1. The van der Waals surface area contributed by atoms with E-state index in [2.05, 4.69) is 10.3 Å². The quantitative estimate of drug-likeness (QED) is 0.845. The predicted octanol–water partition coefficient (Wildman–Crippen LogP) is 2.67. The van der Waals surface area contributed by atoms with Crippen molar-refractivity contribution < 1.29 is 9.90 Å². The molecule has 0 saturated heterocycles. The van der Waals surface area contributed by atoms with Crippen molar-refractivity contribution in [3.05, 3.63) is 41.3 Å². The lowest BCUT2D eigenvalue weighted by molar-refractivity contribution is -0.117. The van der Waals surface area contributed by atoms with Gasteiger partial charge in [0.05, 0.1) is 5.69 Å². The standard InChI is InChI=1S/C17H20ClN3O2/c18-17-14(21-10-2-1-3-15(21)20-17)8-9-16(23)19-13-6-4-12(11-22)5-7-13/h1-3,8-10,12-13,22H,4-7,11H2,(H,19,23)/b9-8+. The topological polar surface area (TPSA) is 66.6 Å². The Morgan fingerprint density at radius 3 is 2.91 bits per heavy atom. The lowest BCUT2D eigenvalue weighted by Gasteiger charge is -2.27. The Hall–Kier alpha value is -1.85. The molecular formula is C17H20ClN3O2. The molecule has 0 radical (unpaired) electrons. The van der Waals surface area contributed by atoms with Crippen molar-refractivity contribution in [3.63, 3.8) is 0 Å². The molecule has 122 valence electrons. The van der Waals surface area contributed by atoms with Crippen LogP contribution in [0.1, 0.15) is 31.4 Å². The second kappa shape index (κ2) is 7.15. The highest BCUT2D eigenvalue weighted by molar-refractivity contribution is 6.31. The Balaban J connectivity index is 1.63. The third-order valence-electron chi connectivity index (χ3n) is 4.37. The van der Waals surface area contributed by atoms with Crippen molar-refractivity contribution >= 4 is 29.2 Å². The van der Waals surface area contributed by atoms with E-state index in [1.54, 1.807) is 6.08 Å². The van der Waals surface area contributed by atoms with Crippen LogP contribution in [0.25, 0.3) is 11.7 Å². The fraction of sp³-hybridized carbons (Fsp3) is 0.412. The highest BCUT2D eigenvalue weighted by Crippen LogP contribution is 2.24. The van der Waals surface area contributed by atoms with E-state index in [1.165, 1.54) is 6.08 Å². The molecule has 2 aromatic heterocycles. The van der Waals surface area contributed by atoms with E-state index >= 15 is 0 Å². The van der Waals surface area contributed by atoms with Crippen molar-refractivity contribution in [1.82, 2.24) is 14.7 Å². The highest BCUT2D eigenvalue weighted by Gasteiger charge is 2.21. The van der Waals surface area contributed by atoms with E-state index in [9.17, 15) is 4.79 Å². The molecule has 0 bridgehead atoms. The first-order valence-corrected chi connectivity index (χ1v) is 8.27. The second-order valence-corrected chi connectivity index (χ2v) is 6.32. The van der Waals surface area contributed by atoms with Crippen LogP contribution in [0.15, 0.2) is 30.5 Å². The zero-order valence-electron chi connectivity index (χ0n) is 12.8. The number of nitrogens with one attached hydrogen (secondary N) is 1. The summed E-state index contributed by atoms with van der Waals surface area (Å²) >= 11 is 6.14. The predicted molar refractivity (Wildman–Crippen MR) is 90.2 cm³/mol. The maximum atomic E-state index is 12.1. The first kappa shape index (κ1) is 16.0. The van der Waals surface area contributed by atoms with Crippen molar-refractivity contribution in [2.24, 2.45) is 5.92 Å². The monoisotopic (exact) mass is 333 g/mol. The summed E-state index contributed by atoms with van der Waals surface area (Å²) in [6, 6.07) is 5.83. The van der Waals surface area contributed by atoms with Gasteiger partial charge in [-0.3, -0.25) is 9.20 Å². The lowest BCUT2D eigenvalue weighted by atomic mass is 9.86. The third kappa shape index (κ3) is 3.74. The maximum absolute atomic E-state index is 12.1. The van der Waals surface area contributed by atoms with Crippen LogP contribution in [0.3, 0.4) is 0 Å². The number of fused-ring (bicyclic) bond motifs is 1. The number of nitrogens with zero attached hydrogens (tertiary/aromatic N) is 2. The number of hydrogen-bond donors (Lipinski definition) is 2. The molecule has 3 rings (SSSR count). The second-order valence-electron chi connectivity index (χ2n) is 5.96. The summed E-state index contributed by atoms with van der Waals surface area (Å²) in [6.45, 7) is 0.243. The Morgan fingerprint density at radius 1 is 1.39 bits per heavy atom. The minimum Gasteiger partial charge on any atom is -0.396 e. The van der Waals surface area contributed by atoms with Gasteiger partial charge in [0.15, 0.2) is 5.15 Å². The van der Waals surface area contributed by atoms with Crippen molar-refractivity contribution in [3.8, 4) is 0 Å². The molecule has 5 nitrogen and oxygen atoms in total. The van der Waals surface area contributed by atoms with Crippen LogP contribution in [0.4, 0.5) is 0 Å². The molecule has 1 saturated carbocycles. The first-order chi connectivity index (χ1) is 11.2. The lowest BCUT2D eigenvalue weighted by Crippen LogP contribution is -2.37. The number of imidazole rings is 1. The molecule has 2 aromatic rings. The Morgan fingerprint density at radius 2 is 2.17 bits per heavy atom. The molecule has 0 aliphatic heterocycles. The summed E-state index contributed by atoms with van der Waals surface area (Å²) in [4.78, 5) is 16.3. The Bertz CT molecular complexity index is 718. The molecule has 1 fully saturated rings. The molecule has 1 aliphatic rings. The summed E-state index contributed by atoms with van der Waals surface area (Å²) in [5, 5.41) is 12.5. The number of pyridine rings is 1. The third-order valence-corrected chi connectivity index (χ3v) is 4.64. The van der Waals surface area contributed by atoms with Gasteiger partial charge in [0.25, 0.3) is 0 Å². The van der Waals surface area contributed by atoms with Gasteiger partial charge in [0.2, 0.25) is 5.91 Å². The minimum absolute atomic E-state index is 0.126. The number of rotatable bonds is 4. The van der Waals surface area contributed by atoms with E-state index in [0.29, 0.717) is 16.8 Å². The molecule has 1 amide bonds. The number of halogens is 1. The number of hydrogen-bond acceptors (Lipinski definition) is 3. The van der Waals surface area contributed by atoms with E-state index < -0.39 is 0 Å². The van der Waals surface area contributed by atoms with Crippen molar-refractivity contribution in [2.45, 2.75) is 31.7 Å². The van der Waals surface area contributed by atoms with Crippen molar-refractivity contribution in [2.75, 3.05) is 6.61 Å². The van der Waals surface area contributed by atoms with Gasteiger partial charge in [-0.2, -0.15) is 0 Å². The highest BCUT2D eigenvalue weighted by atomic mass is 35.5. The molecule has 6 heteroatoms. The number of aliphatic hydroxyl groups excluding tert-OH is 1. The van der Waals surface area contributed by atoms with Gasteiger partial charge >= 0.3 is 0 Å². The van der Waals surface area contributed by atoms with E-state index in [4.69, 9.17) is 16.7 Å². The smallest absolute Gasteiger partial charge is 0.244 e. The van der Waals surface area contributed by atoms with Gasteiger partial charge in [-0.25, -0.2) is 4.98 Å². The van der Waals surface area contributed by atoms with Gasteiger partial charge in [-0.15, -0.1) is 0 Å². The van der Waals surface area contributed by atoms with Crippen molar-refractivity contribution in [1.29, 1.82) is 0 Å². The van der Waals surface area contributed by atoms with Gasteiger partial charge in [0.1, 0.15) is 5.65 Å². The van der Waals surface area contributed by atoms with Crippen LogP contribution in [0.5, 0.6) is 0 Å².